The Kier molecular flexibility index (Phi) is 8.19. The first kappa shape index (κ1) is 19.5. The average Bonchev–Trinajstić information content (AvgIpc) is 2.70. The van der Waals surface area contributed by atoms with Gasteiger partial charge in [-0.25, -0.2) is 5.43 Å². The van der Waals surface area contributed by atoms with Crippen molar-refractivity contribution in [1.82, 2.24) is 5.43 Å². The lowest BCUT2D eigenvalue weighted by Crippen LogP contribution is -2.26. The highest BCUT2D eigenvalue weighted by atomic mass is 16.5. The van der Waals surface area contributed by atoms with E-state index in [0.29, 0.717) is 5.75 Å². The molecule has 0 unspecified atom stereocenters. The molecule has 2 aromatic carbocycles. The number of hydrogen-bond donors (Lipinski definition) is 1. The van der Waals surface area contributed by atoms with Crippen molar-refractivity contribution in [2.24, 2.45) is 5.10 Å². The van der Waals surface area contributed by atoms with E-state index < -0.39 is 0 Å². The lowest BCUT2D eigenvalue weighted by atomic mass is 10.0. The molecule has 0 aliphatic heterocycles. The Morgan fingerprint density at radius 2 is 1.69 bits per heavy atom. The van der Waals surface area contributed by atoms with Crippen LogP contribution in [0, 0.1) is 0 Å². The maximum absolute atomic E-state index is 12.0. The molecule has 5 nitrogen and oxygen atoms in total. The summed E-state index contributed by atoms with van der Waals surface area (Å²) in [5.41, 5.74) is 4.51. The van der Waals surface area contributed by atoms with Gasteiger partial charge in [-0.2, -0.15) is 5.10 Å². The molecule has 2 aromatic rings. The number of amides is 1. The summed E-state index contributed by atoms with van der Waals surface area (Å²) in [5, 5.41) is 4.32. The summed E-state index contributed by atoms with van der Waals surface area (Å²) in [6, 6.07) is 17.0. The second-order valence-corrected chi connectivity index (χ2v) is 5.88. The summed E-state index contributed by atoms with van der Waals surface area (Å²) in [7, 11) is 1.60. The third kappa shape index (κ3) is 6.59. The van der Waals surface area contributed by atoms with Gasteiger partial charge in [-0.15, -0.1) is 0 Å². The molecule has 0 radical (unpaired) electrons. The zero-order valence-corrected chi connectivity index (χ0v) is 15.4. The molecule has 0 heterocycles. The fraction of sp³-hybridized carbons (Fsp3) is 0.333. The van der Waals surface area contributed by atoms with Crippen LogP contribution in [0.2, 0.25) is 0 Å². The second-order valence-electron chi connectivity index (χ2n) is 5.88. The van der Waals surface area contributed by atoms with Gasteiger partial charge < -0.3 is 9.47 Å². The maximum atomic E-state index is 12.0. The molecule has 5 heteroatoms. The van der Waals surface area contributed by atoms with E-state index in [4.69, 9.17) is 9.47 Å². The maximum Gasteiger partial charge on any atom is 0.277 e. The van der Waals surface area contributed by atoms with Gasteiger partial charge in [-0.05, 0) is 42.7 Å². The van der Waals surface area contributed by atoms with E-state index in [1.54, 1.807) is 31.4 Å². The number of carbonyl (C=O) groups is 1. The largest absolute Gasteiger partial charge is 0.497 e. The number of benzene rings is 2. The summed E-state index contributed by atoms with van der Waals surface area (Å²) in [6.45, 7) is 2.07. The van der Waals surface area contributed by atoms with Gasteiger partial charge in [0, 0.05) is 0 Å². The summed E-state index contributed by atoms with van der Waals surface area (Å²) in [4.78, 5) is 12.0. The Labute approximate surface area is 155 Å². The molecule has 0 aromatic heterocycles. The number of rotatable bonds is 10. The first-order valence-corrected chi connectivity index (χ1v) is 8.90. The molecule has 0 saturated heterocycles. The lowest BCUT2D eigenvalue weighted by Gasteiger charge is -2.09. The highest BCUT2D eigenvalue weighted by Gasteiger charge is 2.06. The number of methoxy groups -OCH3 is 1. The molecule has 1 amide bonds. The Bertz CT molecular complexity index is 697. The van der Waals surface area contributed by atoms with Gasteiger partial charge in [0.2, 0.25) is 0 Å². The number of unbranched alkanes of at least 4 members (excludes halogenated alkanes) is 2. The molecule has 138 valence electrons. The van der Waals surface area contributed by atoms with Gasteiger partial charge in [-0.3, -0.25) is 4.79 Å². The molecule has 0 bridgehead atoms. The number of hydrogen-bond acceptors (Lipinski definition) is 4. The summed E-state index contributed by atoms with van der Waals surface area (Å²) in [6.07, 6.45) is 4.16. The van der Waals surface area contributed by atoms with Crippen molar-refractivity contribution in [2.45, 2.75) is 32.6 Å². The summed E-state index contributed by atoms with van der Waals surface area (Å²) in [5.74, 6) is 1.06. The van der Waals surface area contributed by atoms with Crippen LogP contribution in [0.5, 0.6) is 11.5 Å². The zero-order valence-electron chi connectivity index (χ0n) is 15.4. The van der Waals surface area contributed by atoms with Crippen molar-refractivity contribution in [1.29, 1.82) is 0 Å². The topological polar surface area (TPSA) is 59.9 Å². The summed E-state index contributed by atoms with van der Waals surface area (Å²) < 4.78 is 10.6. The van der Waals surface area contributed by atoms with E-state index in [1.165, 1.54) is 0 Å². The first-order chi connectivity index (χ1) is 12.7. The molecule has 0 fully saturated rings. The normalized spacial score (nSPS) is 11.1. The molecule has 1 N–H and O–H groups in total. The Morgan fingerprint density at radius 3 is 2.35 bits per heavy atom. The predicted octanol–water partition coefficient (Wildman–Crippen LogP) is 4.17. The van der Waals surface area contributed by atoms with Gasteiger partial charge in [-0.1, -0.05) is 50.1 Å². The monoisotopic (exact) mass is 354 g/mol. The van der Waals surface area contributed by atoms with Crippen molar-refractivity contribution < 1.29 is 14.3 Å². The fourth-order valence-electron chi connectivity index (χ4n) is 2.42. The van der Waals surface area contributed by atoms with Crippen LogP contribution in [0.15, 0.2) is 59.7 Å². The van der Waals surface area contributed by atoms with Crippen LogP contribution in [0.25, 0.3) is 0 Å². The van der Waals surface area contributed by atoms with Crippen LogP contribution >= 0.6 is 0 Å². The van der Waals surface area contributed by atoms with E-state index in [2.05, 4.69) is 17.5 Å². The van der Waals surface area contributed by atoms with E-state index in [0.717, 1.165) is 42.7 Å². The minimum atomic E-state index is -0.287. The molecule has 2 rings (SSSR count). The van der Waals surface area contributed by atoms with E-state index >= 15 is 0 Å². The van der Waals surface area contributed by atoms with E-state index in [-0.39, 0.29) is 12.5 Å². The Balaban J connectivity index is 1.90. The third-order valence-corrected chi connectivity index (χ3v) is 3.87. The van der Waals surface area contributed by atoms with Crippen LogP contribution in [-0.2, 0) is 4.79 Å². The van der Waals surface area contributed by atoms with Crippen molar-refractivity contribution in [3.8, 4) is 11.5 Å². The SMILES string of the molecule is CCCCC/C(=N\NC(=O)COc1ccc(OC)cc1)c1ccccc1. The van der Waals surface area contributed by atoms with Gasteiger partial charge in [0.15, 0.2) is 6.61 Å². The molecule has 0 spiro atoms. The number of nitrogens with one attached hydrogen (secondary N) is 1. The average molecular weight is 354 g/mol. The quantitative estimate of drug-likeness (QED) is 0.396. The molecule has 26 heavy (non-hydrogen) atoms. The van der Waals surface area contributed by atoms with Gasteiger partial charge in [0.1, 0.15) is 11.5 Å². The summed E-state index contributed by atoms with van der Waals surface area (Å²) >= 11 is 0. The van der Waals surface area contributed by atoms with Gasteiger partial charge >= 0.3 is 0 Å². The van der Waals surface area contributed by atoms with Crippen LogP contribution < -0.4 is 14.9 Å². The molecule has 0 saturated carbocycles. The minimum Gasteiger partial charge on any atom is -0.497 e. The molecular weight excluding hydrogens is 328 g/mol. The van der Waals surface area contributed by atoms with Crippen LogP contribution in [-0.4, -0.2) is 25.3 Å². The molecule has 0 atom stereocenters. The highest BCUT2D eigenvalue weighted by molar-refractivity contribution is 6.01. The van der Waals surface area contributed by atoms with Gasteiger partial charge in [0.05, 0.1) is 12.8 Å². The number of carbonyl (C=O) groups excluding carboxylic acids is 1. The standard InChI is InChI=1S/C21H26N2O3/c1-3-4-6-11-20(17-9-7-5-8-10-17)22-23-21(24)16-26-19-14-12-18(25-2)13-15-19/h5,7-10,12-15H,3-4,6,11,16H2,1-2H3,(H,23,24)/b22-20+. The number of ether oxygens (including phenoxy) is 2. The van der Waals surface area contributed by atoms with E-state index in [9.17, 15) is 4.79 Å². The van der Waals surface area contributed by atoms with Crippen molar-refractivity contribution in [3.63, 3.8) is 0 Å². The second kappa shape index (κ2) is 10.9. The third-order valence-electron chi connectivity index (χ3n) is 3.87. The van der Waals surface area contributed by atoms with Crippen LogP contribution in [0.1, 0.15) is 38.2 Å². The molecule has 0 aliphatic carbocycles. The smallest absolute Gasteiger partial charge is 0.277 e. The molecular formula is C21H26N2O3. The van der Waals surface area contributed by atoms with Crippen molar-refractivity contribution in [2.75, 3.05) is 13.7 Å². The minimum absolute atomic E-state index is 0.0904. The van der Waals surface area contributed by atoms with Gasteiger partial charge in [0.25, 0.3) is 5.91 Å². The Morgan fingerprint density at radius 1 is 1.00 bits per heavy atom. The Hall–Kier alpha value is -2.82. The van der Waals surface area contributed by atoms with Crippen molar-refractivity contribution >= 4 is 11.6 Å². The number of hydrazone groups is 1. The lowest BCUT2D eigenvalue weighted by molar-refractivity contribution is -0.123. The first-order valence-electron chi connectivity index (χ1n) is 8.90. The number of nitrogens with zero attached hydrogens (tertiary/aromatic N) is 1. The zero-order chi connectivity index (χ0) is 18.6. The van der Waals surface area contributed by atoms with E-state index in [1.807, 2.05) is 30.3 Å². The van der Waals surface area contributed by atoms with Crippen molar-refractivity contribution in [3.05, 3.63) is 60.2 Å². The molecule has 0 aliphatic rings. The predicted molar refractivity (Wildman–Crippen MR) is 104 cm³/mol. The van der Waals surface area contributed by atoms with Crippen LogP contribution in [0.4, 0.5) is 0 Å². The van der Waals surface area contributed by atoms with Crippen LogP contribution in [0.3, 0.4) is 0 Å². The fourth-order valence-corrected chi connectivity index (χ4v) is 2.42. The highest BCUT2D eigenvalue weighted by Crippen LogP contribution is 2.16.